The van der Waals surface area contributed by atoms with E-state index in [2.05, 4.69) is 15.5 Å². The number of nitrogens with one attached hydrogen (secondary N) is 1. The Morgan fingerprint density at radius 3 is 2.54 bits per heavy atom. The van der Waals surface area contributed by atoms with E-state index >= 15 is 0 Å². The molecule has 28 heavy (non-hydrogen) atoms. The average Bonchev–Trinajstić information content (AvgIpc) is 3.07. The lowest BCUT2D eigenvalue weighted by atomic mass is 10.2. The number of thioether (sulfide) groups is 1. The SMILES string of the molecule is COc1ccc(-c2nnc(S[C@@H](C)C(=O)NCc3ccc(F)cc3)n2N)cc1. The molecule has 3 N–H and O–H groups in total. The number of hydrogen-bond acceptors (Lipinski definition) is 6. The van der Waals surface area contributed by atoms with Gasteiger partial charge in [-0.25, -0.2) is 9.07 Å². The molecule has 1 atom stereocenters. The summed E-state index contributed by atoms with van der Waals surface area (Å²) in [5.74, 6) is 6.84. The lowest BCUT2D eigenvalue weighted by Crippen LogP contribution is -2.30. The zero-order valence-electron chi connectivity index (χ0n) is 15.4. The van der Waals surface area contributed by atoms with Gasteiger partial charge in [0.15, 0.2) is 5.82 Å². The molecule has 9 heteroatoms. The molecule has 3 rings (SSSR count). The van der Waals surface area contributed by atoms with Gasteiger partial charge in [-0.3, -0.25) is 4.79 Å². The smallest absolute Gasteiger partial charge is 0.233 e. The Kier molecular flexibility index (Phi) is 6.15. The summed E-state index contributed by atoms with van der Waals surface area (Å²) in [4.78, 5) is 12.3. The summed E-state index contributed by atoms with van der Waals surface area (Å²) in [7, 11) is 1.59. The Bertz CT molecular complexity index is 944. The maximum Gasteiger partial charge on any atom is 0.233 e. The molecule has 146 valence electrons. The van der Waals surface area contributed by atoms with Crippen LogP contribution in [-0.2, 0) is 11.3 Å². The van der Waals surface area contributed by atoms with Crippen molar-refractivity contribution >= 4 is 17.7 Å². The minimum Gasteiger partial charge on any atom is -0.497 e. The van der Waals surface area contributed by atoms with Crippen LogP contribution in [-0.4, -0.2) is 33.1 Å². The van der Waals surface area contributed by atoms with Crippen molar-refractivity contribution in [2.45, 2.75) is 23.9 Å². The van der Waals surface area contributed by atoms with E-state index in [4.69, 9.17) is 10.6 Å². The lowest BCUT2D eigenvalue weighted by Gasteiger charge is -2.11. The molecule has 7 nitrogen and oxygen atoms in total. The van der Waals surface area contributed by atoms with Crippen LogP contribution >= 0.6 is 11.8 Å². The number of aromatic nitrogens is 3. The zero-order valence-corrected chi connectivity index (χ0v) is 16.2. The number of nitrogen functional groups attached to an aromatic ring is 1. The molecule has 0 radical (unpaired) electrons. The molecule has 3 aromatic rings. The minimum atomic E-state index is -0.435. The van der Waals surface area contributed by atoms with Crippen molar-refractivity contribution in [1.29, 1.82) is 0 Å². The van der Waals surface area contributed by atoms with Crippen LogP contribution in [0.3, 0.4) is 0 Å². The number of benzene rings is 2. The van der Waals surface area contributed by atoms with Gasteiger partial charge < -0.3 is 15.9 Å². The van der Waals surface area contributed by atoms with Crippen molar-refractivity contribution in [3.63, 3.8) is 0 Å². The van der Waals surface area contributed by atoms with Crippen LogP contribution in [0, 0.1) is 5.82 Å². The van der Waals surface area contributed by atoms with E-state index in [1.165, 1.54) is 28.6 Å². The topological polar surface area (TPSA) is 95.1 Å². The Balaban J connectivity index is 1.61. The Morgan fingerprint density at radius 1 is 1.21 bits per heavy atom. The van der Waals surface area contributed by atoms with E-state index in [0.717, 1.165) is 16.9 Å². The third-order valence-corrected chi connectivity index (χ3v) is 5.10. The fourth-order valence-corrected chi connectivity index (χ4v) is 3.24. The van der Waals surface area contributed by atoms with Gasteiger partial charge in [-0.1, -0.05) is 23.9 Å². The van der Waals surface area contributed by atoms with Crippen molar-refractivity contribution < 1.29 is 13.9 Å². The molecule has 0 saturated heterocycles. The van der Waals surface area contributed by atoms with E-state index in [1.807, 2.05) is 24.3 Å². The number of carbonyl (C=O) groups excluding carboxylic acids is 1. The van der Waals surface area contributed by atoms with Gasteiger partial charge >= 0.3 is 0 Å². The highest BCUT2D eigenvalue weighted by Gasteiger charge is 2.19. The third-order valence-electron chi connectivity index (χ3n) is 4.04. The number of halogens is 1. The molecule has 0 aliphatic heterocycles. The van der Waals surface area contributed by atoms with Gasteiger partial charge in [-0.2, -0.15) is 0 Å². The predicted octanol–water partition coefficient (Wildman–Crippen LogP) is 2.60. The number of nitrogens with zero attached hydrogens (tertiary/aromatic N) is 3. The first-order chi connectivity index (χ1) is 13.5. The van der Waals surface area contributed by atoms with Gasteiger partial charge in [0.2, 0.25) is 11.1 Å². The van der Waals surface area contributed by atoms with Crippen LogP contribution in [0.1, 0.15) is 12.5 Å². The predicted molar refractivity (Wildman–Crippen MR) is 106 cm³/mol. The molecular formula is C19H20FN5O2S. The van der Waals surface area contributed by atoms with Crippen molar-refractivity contribution in [3.05, 3.63) is 59.9 Å². The number of rotatable bonds is 7. The van der Waals surface area contributed by atoms with Crippen LogP contribution in [0.15, 0.2) is 53.7 Å². The molecule has 0 unspecified atom stereocenters. The molecule has 0 aliphatic rings. The summed E-state index contributed by atoms with van der Waals surface area (Å²) in [6.07, 6.45) is 0. The highest BCUT2D eigenvalue weighted by molar-refractivity contribution is 8.00. The quantitative estimate of drug-likeness (QED) is 0.467. The lowest BCUT2D eigenvalue weighted by molar-refractivity contribution is -0.120. The van der Waals surface area contributed by atoms with E-state index in [0.29, 0.717) is 17.5 Å². The minimum absolute atomic E-state index is 0.177. The monoisotopic (exact) mass is 401 g/mol. The van der Waals surface area contributed by atoms with E-state index in [9.17, 15) is 9.18 Å². The van der Waals surface area contributed by atoms with Gasteiger partial charge in [0, 0.05) is 12.1 Å². The number of ether oxygens (including phenoxy) is 1. The maximum absolute atomic E-state index is 12.9. The molecule has 0 bridgehead atoms. The van der Waals surface area contributed by atoms with Crippen molar-refractivity contribution in [1.82, 2.24) is 20.2 Å². The van der Waals surface area contributed by atoms with Crippen LogP contribution < -0.4 is 15.9 Å². The van der Waals surface area contributed by atoms with Crippen molar-refractivity contribution in [3.8, 4) is 17.1 Å². The molecule has 0 fully saturated rings. The highest BCUT2D eigenvalue weighted by Crippen LogP contribution is 2.26. The summed E-state index contributed by atoms with van der Waals surface area (Å²) in [6.45, 7) is 2.07. The molecular weight excluding hydrogens is 381 g/mol. The summed E-state index contributed by atoms with van der Waals surface area (Å²) in [6, 6.07) is 13.3. The zero-order chi connectivity index (χ0) is 20.1. The summed E-state index contributed by atoms with van der Waals surface area (Å²) < 4.78 is 19.4. The summed E-state index contributed by atoms with van der Waals surface area (Å²) >= 11 is 1.21. The first kappa shape index (κ1) is 19.7. The average molecular weight is 401 g/mol. The molecule has 1 amide bonds. The maximum atomic E-state index is 12.9. The van der Waals surface area contributed by atoms with Gasteiger partial charge in [-0.15, -0.1) is 10.2 Å². The third kappa shape index (κ3) is 4.61. The molecule has 2 aromatic carbocycles. The normalized spacial score (nSPS) is 11.8. The van der Waals surface area contributed by atoms with Gasteiger partial charge in [0.05, 0.1) is 12.4 Å². The molecule has 1 aromatic heterocycles. The largest absolute Gasteiger partial charge is 0.497 e. The van der Waals surface area contributed by atoms with Gasteiger partial charge in [0.1, 0.15) is 11.6 Å². The van der Waals surface area contributed by atoms with E-state index < -0.39 is 5.25 Å². The number of methoxy groups -OCH3 is 1. The highest BCUT2D eigenvalue weighted by atomic mass is 32.2. The van der Waals surface area contributed by atoms with E-state index in [1.54, 1.807) is 26.2 Å². The first-order valence-corrected chi connectivity index (χ1v) is 9.39. The molecule has 1 heterocycles. The van der Waals surface area contributed by atoms with Crippen LogP contribution in [0.5, 0.6) is 5.75 Å². The molecule has 0 saturated carbocycles. The number of amides is 1. The van der Waals surface area contributed by atoms with Crippen molar-refractivity contribution in [2.24, 2.45) is 0 Å². The summed E-state index contributed by atoms with van der Waals surface area (Å²) in [5, 5.41) is 11.0. The van der Waals surface area contributed by atoms with Gasteiger partial charge in [-0.05, 0) is 48.9 Å². The Labute approximate surface area is 166 Å². The second kappa shape index (κ2) is 8.75. The fourth-order valence-electron chi connectivity index (χ4n) is 2.44. The standard InChI is InChI=1S/C19H20FN5O2S/c1-12(18(26)22-11-13-3-7-15(20)8-4-13)28-19-24-23-17(25(19)21)14-5-9-16(27-2)10-6-14/h3-10,12H,11,21H2,1-2H3,(H,22,26)/t12-/m0/s1. The molecule has 0 spiro atoms. The van der Waals surface area contributed by atoms with Crippen LogP contribution in [0.4, 0.5) is 4.39 Å². The van der Waals surface area contributed by atoms with Crippen LogP contribution in [0.2, 0.25) is 0 Å². The van der Waals surface area contributed by atoms with Crippen molar-refractivity contribution in [2.75, 3.05) is 13.0 Å². The van der Waals surface area contributed by atoms with E-state index in [-0.39, 0.29) is 11.7 Å². The Morgan fingerprint density at radius 2 is 1.89 bits per heavy atom. The van der Waals surface area contributed by atoms with Gasteiger partial charge in [0.25, 0.3) is 0 Å². The first-order valence-electron chi connectivity index (χ1n) is 8.51. The molecule has 0 aliphatic carbocycles. The second-order valence-electron chi connectivity index (χ2n) is 6.01. The van der Waals surface area contributed by atoms with Crippen LogP contribution in [0.25, 0.3) is 11.4 Å². The fraction of sp³-hybridized carbons (Fsp3) is 0.211. The number of carbonyl (C=O) groups is 1. The number of nitrogens with two attached hydrogens (primary N) is 1. The second-order valence-corrected chi connectivity index (χ2v) is 7.32. The Hall–Kier alpha value is -3.07. The summed E-state index contributed by atoms with van der Waals surface area (Å²) in [5.41, 5.74) is 1.60. The number of hydrogen-bond donors (Lipinski definition) is 2.